The van der Waals surface area contributed by atoms with Gasteiger partial charge in [0.25, 0.3) is 11.8 Å². The van der Waals surface area contributed by atoms with Crippen LogP contribution < -0.4 is 0 Å². The van der Waals surface area contributed by atoms with Gasteiger partial charge >= 0.3 is 0 Å². The largest absolute Gasteiger partial charge is 0.343 e. The van der Waals surface area contributed by atoms with Crippen molar-refractivity contribution in [2.75, 3.05) is 19.6 Å². The molecule has 1 saturated heterocycles. The summed E-state index contributed by atoms with van der Waals surface area (Å²) < 4.78 is 0. The van der Waals surface area contributed by atoms with Crippen LogP contribution in [0.4, 0.5) is 0 Å². The molecule has 0 saturated carbocycles. The first-order valence-corrected chi connectivity index (χ1v) is 8.89. The van der Waals surface area contributed by atoms with Crippen LogP contribution >= 0.6 is 0 Å². The van der Waals surface area contributed by atoms with E-state index in [2.05, 4.69) is 6.92 Å². The van der Waals surface area contributed by atoms with E-state index in [1.165, 1.54) is 17.1 Å². The summed E-state index contributed by atoms with van der Waals surface area (Å²) in [5.74, 6) is 0.534. The van der Waals surface area contributed by atoms with Crippen LogP contribution in [0.3, 0.4) is 0 Å². The molecule has 0 bridgehead atoms. The Bertz CT molecular complexity index is 420. The number of carbonyl (C=O) groups excluding carboxylic acids is 3. The van der Waals surface area contributed by atoms with Crippen LogP contribution in [0.25, 0.3) is 0 Å². The highest BCUT2D eigenvalue weighted by atomic mass is 16.2. The quantitative estimate of drug-likeness (QED) is 0.558. The molecular formula is C18H30N2O3. The number of piperidine rings is 1. The Labute approximate surface area is 139 Å². The van der Waals surface area contributed by atoms with E-state index in [1.807, 2.05) is 18.7 Å². The van der Waals surface area contributed by atoms with Gasteiger partial charge in [0.1, 0.15) is 0 Å². The molecular weight excluding hydrogens is 292 g/mol. The molecule has 3 amide bonds. The van der Waals surface area contributed by atoms with Gasteiger partial charge in [0.15, 0.2) is 0 Å². The minimum Gasteiger partial charge on any atom is -0.343 e. The maximum absolute atomic E-state index is 12.0. The zero-order valence-electron chi connectivity index (χ0n) is 14.7. The fourth-order valence-electron chi connectivity index (χ4n) is 2.79. The predicted molar refractivity (Wildman–Crippen MR) is 90.7 cm³/mol. The van der Waals surface area contributed by atoms with E-state index in [-0.39, 0.29) is 17.7 Å². The standard InChI is InChI=1S/C16H24N2O3.C2H6/c1-13-8-11-17(12-9-13)14(19)5-3-2-4-10-18-15(20)6-7-16(18)21;1-2/h6-7,13H,2-5,8-12H2,1H3;1-2H3. The normalized spacial score (nSPS) is 18.2. The maximum atomic E-state index is 12.0. The van der Waals surface area contributed by atoms with E-state index in [1.54, 1.807) is 0 Å². The molecule has 130 valence electrons. The van der Waals surface area contributed by atoms with Gasteiger partial charge in [-0.25, -0.2) is 0 Å². The van der Waals surface area contributed by atoms with Crippen molar-refractivity contribution in [3.05, 3.63) is 12.2 Å². The van der Waals surface area contributed by atoms with Gasteiger partial charge < -0.3 is 4.90 Å². The molecule has 0 radical (unpaired) electrons. The second-order valence-electron chi connectivity index (χ2n) is 6.04. The minimum absolute atomic E-state index is 0.224. The number of likely N-dealkylation sites (tertiary alicyclic amines) is 1. The first kappa shape index (κ1) is 19.4. The molecule has 2 aliphatic rings. The lowest BCUT2D eigenvalue weighted by molar-refractivity contribution is -0.137. The highest BCUT2D eigenvalue weighted by Gasteiger charge is 2.22. The average molecular weight is 322 g/mol. The number of rotatable bonds is 6. The van der Waals surface area contributed by atoms with Crippen molar-refractivity contribution in [1.29, 1.82) is 0 Å². The van der Waals surface area contributed by atoms with Crippen molar-refractivity contribution >= 4 is 17.7 Å². The number of amides is 3. The van der Waals surface area contributed by atoms with Crippen molar-refractivity contribution in [2.45, 2.75) is 59.3 Å². The molecule has 2 rings (SSSR count). The van der Waals surface area contributed by atoms with Crippen LogP contribution in [-0.2, 0) is 14.4 Å². The monoisotopic (exact) mass is 322 g/mol. The first-order valence-electron chi connectivity index (χ1n) is 8.89. The summed E-state index contributed by atoms with van der Waals surface area (Å²) in [5.41, 5.74) is 0. The summed E-state index contributed by atoms with van der Waals surface area (Å²) in [7, 11) is 0. The number of carbonyl (C=O) groups is 3. The van der Waals surface area contributed by atoms with Crippen LogP contribution in [0.5, 0.6) is 0 Å². The molecule has 1 fully saturated rings. The Kier molecular flexibility index (Phi) is 8.59. The van der Waals surface area contributed by atoms with Crippen LogP contribution in [-0.4, -0.2) is 47.2 Å². The molecule has 0 unspecified atom stereocenters. The fourth-order valence-corrected chi connectivity index (χ4v) is 2.79. The van der Waals surface area contributed by atoms with Crippen molar-refractivity contribution in [3.8, 4) is 0 Å². The van der Waals surface area contributed by atoms with Crippen molar-refractivity contribution in [3.63, 3.8) is 0 Å². The Morgan fingerprint density at radius 3 is 2.17 bits per heavy atom. The number of imide groups is 1. The number of hydrogen-bond acceptors (Lipinski definition) is 3. The zero-order chi connectivity index (χ0) is 17.2. The molecule has 2 aliphatic heterocycles. The van der Waals surface area contributed by atoms with Crippen LogP contribution in [0.15, 0.2) is 12.2 Å². The fraction of sp³-hybridized carbons (Fsp3) is 0.722. The number of unbranched alkanes of at least 4 members (excludes halogenated alkanes) is 2. The lowest BCUT2D eigenvalue weighted by atomic mass is 9.99. The molecule has 0 N–H and O–H groups in total. The van der Waals surface area contributed by atoms with E-state index in [0.29, 0.717) is 13.0 Å². The summed E-state index contributed by atoms with van der Waals surface area (Å²) in [6, 6.07) is 0. The van der Waals surface area contributed by atoms with Gasteiger partial charge in [-0.05, 0) is 31.6 Å². The van der Waals surface area contributed by atoms with Gasteiger partial charge in [-0.2, -0.15) is 0 Å². The summed E-state index contributed by atoms with van der Waals surface area (Å²) in [6.07, 6.45) is 7.88. The van der Waals surface area contributed by atoms with E-state index in [4.69, 9.17) is 0 Å². The second-order valence-corrected chi connectivity index (χ2v) is 6.04. The topological polar surface area (TPSA) is 57.7 Å². The molecule has 0 spiro atoms. The summed E-state index contributed by atoms with van der Waals surface area (Å²) in [5, 5.41) is 0. The smallest absolute Gasteiger partial charge is 0.253 e. The minimum atomic E-state index is -0.224. The molecule has 2 heterocycles. The molecule has 0 aromatic rings. The average Bonchev–Trinajstić information content (AvgIpc) is 2.88. The Hall–Kier alpha value is -1.65. The van der Waals surface area contributed by atoms with Crippen molar-refractivity contribution in [1.82, 2.24) is 9.80 Å². The van der Waals surface area contributed by atoms with Crippen LogP contribution in [0.1, 0.15) is 59.3 Å². The van der Waals surface area contributed by atoms with Gasteiger partial charge in [-0.1, -0.05) is 27.2 Å². The third-order valence-corrected chi connectivity index (χ3v) is 4.31. The second kappa shape index (κ2) is 10.2. The lowest BCUT2D eigenvalue weighted by Gasteiger charge is -2.30. The number of hydrogen-bond donors (Lipinski definition) is 0. The van der Waals surface area contributed by atoms with Crippen molar-refractivity contribution in [2.24, 2.45) is 5.92 Å². The maximum Gasteiger partial charge on any atom is 0.253 e. The zero-order valence-corrected chi connectivity index (χ0v) is 14.7. The van der Waals surface area contributed by atoms with Gasteiger partial charge in [-0.3, -0.25) is 19.3 Å². The van der Waals surface area contributed by atoms with Crippen LogP contribution in [0.2, 0.25) is 0 Å². The van der Waals surface area contributed by atoms with Gasteiger partial charge in [0.05, 0.1) is 0 Å². The van der Waals surface area contributed by atoms with Gasteiger partial charge in [0, 0.05) is 38.2 Å². The SMILES string of the molecule is CC.CC1CCN(C(=O)CCCCCN2C(=O)C=CC2=O)CC1. The van der Waals surface area contributed by atoms with E-state index in [9.17, 15) is 14.4 Å². The molecule has 5 nitrogen and oxygen atoms in total. The van der Waals surface area contributed by atoms with Gasteiger partial charge in [-0.15, -0.1) is 0 Å². The number of nitrogens with zero attached hydrogens (tertiary/aromatic N) is 2. The molecule has 0 aliphatic carbocycles. The molecule has 23 heavy (non-hydrogen) atoms. The highest BCUT2D eigenvalue weighted by Crippen LogP contribution is 2.17. The molecule has 0 atom stereocenters. The van der Waals surface area contributed by atoms with E-state index in [0.717, 1.165) is 51.1 Å². The Balaban J connectivity index is 0.00000127. The molecule has 5 heteroatoms. The van der Waals surface area contributed by atoms with E-state index < -0.39 is 0 Å². The van der Waals surface area contributed by atoms with Crippen molar-refractivity contribution < 1.29 is 14.4 Å². The summed E-state index contributed by atoms with van der Waals surface area (Å²) >= 11 is 0. The van der Waals surface area contributed by atoms with E-state index >= 15 is 0 Å². The third-order valence-electron chi connectivity index (χ3n) is 4.31. The highest BCUT2D eigenvalue weighted by molar-refractivity contribution is 6.12. The Morgan fingerprint density at radius 2 is 1.61 bits per heavy atom. The predicted octanol–water partition coefficient (Wildman–Crippen LogP) is 2.76. The Morgan fingerprint density at radius 1 is 1.04 bits per heavy atom. The van der Waals surface area contributed by atoms with Gasteiger partial charge in [0.2, 0.25) is 5.91 Å². The molecule has 0 aromatic carbocycles. The van der Waals surface area contributed by atoms with Crippen LogP contribution in [0, 0.1) is 5.92 Å². The summed E-state index contributed by atoms with van der Waals surface area (Å²) in [4.78, 5) is 37.9. The third kappa shape index (κ3) is 6.16. The lowest BCUT2D eigenvalue weighted by Crippen LogP contribution is -2.37. The molecule has 0 aromatic heterocycles. The summed E-state index contributed by atoms with van der Waals surface area (Å²) in [6.45, 7) is 8.47. The first-order chi connectivity index (χ1) is 11.1.